The largest absolute Gasteiger partial charge is 0.318 e. The monoisotopic (exact) mass is 200 g/mol. The molecule has 0 aliphatic rings. The Labute approximate surface area is 80.5 Å². The Morgan fingerprint density at radius 3 is 2.62 bits per heavy atom. The number of aromatic nitrogens is 2. The van der Waals surface area contributed by atoms with Gasteiger partial charge in [0.05, 0.1) is 5.54 Å². The van der Waals surface area contributed by atoms with Gasteiger partial charge in [0.1, 0.15) is 5.82 Å². The molecule has 13 heavy (non-hydrogen) atoms. The van der Waals surface area contributed by atoms with Crippen molar-refractivity contribution in [3.63, 3.8) is 0 Å². The van der Waals surface area contributed by atoms with Crippen molar-refractivity contribution in [3.05, 3.63) is 5.82 Å². The zero-order chi connectivity index (χ0) is 10.1. The molecule has 0 saturated heterocycles. The van der Waals surface area contributed by atoms with Crippen LogP contribution < -0.4 is 11.1 Å². The Kier molecular flexibility index (Phi) is 2.63. The molecule has 72 valence electrons. The highest BCUT2D eigenvalue weighted by atomic mass is 32.1. The quantitative estimate of drug-likeness (QED) is 0.729. The van der Waals surface area contributed by atoms with Crippen LogP contribution in [0.15, 0.2) is 0 Å². The molecule has 1 aromatic heterocycles. The van der Waals surface area contributed by atoms with Gasteiger partial charge < -0.3 is 5.73 Å². The maximum Gasteiger partial charge on any atom is 0.245 e. The average molecular weight is 200 g/mol. The number of nitrogens with zero attached hydrogens (tertiary/aromatic N) is 2. The highest BCUT2D eigenvalue weighted by molar-refractivity contribution is 7.09. The SMILES string of the molecule is Cc1nsc(NC(=O)C(C)(C)N)n1. The van der Waals surface area contributed by atoms with Crippen LogP contribution in [0.1, 0.15) is 19.7 Å². The molecule has 0 radical (unpaired) electrons. The Hall–Kier alpha value is -1.01. The molecule has 6 heteroatoms. The van der Waals surface area contributed by atoms with Gasteiger partial charge >= 0.3 is 0 Å². The number of nitrogens with two attached hydrogens (primary N) is 1. The van der Waals surface area contributed by atoms with Gasteiger partial charge in [0.2, 0.25) is 11.0 Å². The van der Waals surface area contributed by atoms with Gasteiger partial charge in [0.25, 0.3) is 0 Å². The van der Waals surface area contributed by atoms with Gasteiger partial charge in [-0.1, -0.05) is 0 Å². The van der Waals surface area contributed by atoms with Crippen molar-refractivity contribution in [1.82, 2.24) is 9.36 Å². The number of aryl methyl sites for hydroxylation is 1. The molecule has 0 aliphatic carbocycles. The van der Waals surface area contributed by atoms with Gasteiger partial charge in [-0.25, -0.2) is 4.98 Å². The number of rotatable bonds is 2. The molecule has 3 N–H and O–H groups in total. The fraction of sp³-hybridized carbons (Fsp3) is 0.571. The van der Waals surface area contributed by atoms with Gasteiger partial charge in [-0.2, -0.15) is 4.37 Å². The Morgan fingerprint density at radius 1 is 1.62 bits per heavy atom. The zero-order valence-electron chi connectivity index (χ0n) is 7.79. The normalized spacial score (nSPS) is 11.4. The van der Waals surface area contributed by atoms with Crippen LogP contribution in [0, 0.1) is 6.92 Å². The predicted molar refractivity (Wildman–Crippen MR) is 51.5 cm³/mol. The van der Waals surface area contributed by atoms with Crippen molar-refractivity contribution in [2.24, 2.45) is 5.73 Å². The summed E-state index contributed by atoms with van der Waals surface area (Å²) in [7, 11) is 0. The molecule has 0 spiro atoms. The van der Waals surface area contributed by atoms with Gasteiger partial charge in [-0.05, 0) is 20.8 Å². The average Bonchev–Trinajstić information content (AvgIpc) is 2.33. The Balaban J connectivity index is 2.65. The molecule has 1 rings (SSSR count). The molecule has 0 saturated carbocycles. The first kappa shape index (κ1) is 10.1. The van der Waals surface area contributed by atoms with Crippen LogP contribution in [-0.4, -0.2) is 20.8 Å². The minimum absolute atomic E-state index is 0.261. The molecule has 0 bridgehead atoms. The molecule has 1 aromatic rings. The molecule has 0 atom stereocenters. The van der Waals surface area contributed by atoms with Crippen molar-refractivity contribution in [1.29, 1.82) is 0 Å². The molecule has 0 aliphatic heterocycles. The highest BCUT2D eigenvalue weighted by Crippen LogP contribution is 2.11. The van der Waals surface area contributed by atoms with Crippen molar-refractivity contribution in [3.8, 4) is 0 Å². The summed E-state index contributed by atoms with van der Waals surface area (Å²) in [5, 5.41) is 3.07. The predicted octanol–water partition coefficient (Wildman–Crippen LogP) is 0.522. The van der Waals surface area contributed by atoms with E-state index in [1.165, 1.54) is 0 Å². The van der Waals surface area contributed by atoms with Crippen LogP contribution in [0.5, 0.6) is 0 Å². The molecule has 0 fully saturated rings. The van der Waals surface area contributed by atoms with Crippen LogP contribution in [0.3, 0.4) is 0 Å². The summed E-state index contributed by atoms with van der Waals surface area (Å²) in [6.45, 7) is 5.03. The number of hydrogen-bond donors (Lipinski definition) is 2. The maximum atomic E-state index is 11.3. The van der Waals surface area contributed by atoms with Gasteiger partial charge in [-0.15, -0.1) is 0 Å². The smallest absolute Gasteiger partial charge is 0.245 e. The lowest BCUT2D eigenvalue weighted by atomic mass is 10.1. The molecule has 0 aromatic carbocycles. The van der Waals surface area contributed by atoms with Crippen LogP contribution in [0.25, 0.3) is 0 Å². The second-order valence-electron chi connectivity index (χ2n) is 3.32. The number of hydrogen-bond acceptors (Lipinski definition) is 5. The summed E-state index contributed by atoms with van der Waals surface area (Å²) in [5.74, 6) is 0.388. The first-order valence-corrected chi connectivity index (χ1v) is 4.57. The topological polar surface area (TPSA) is 80.9 Å². The van der Waals surface area contributed by atoms with Gasteiger partial charge in [-0.3, -0.25) is 10.1 Å². The van der Waals surface area contributed by atoms with E-state index < -0.39 is 5.54 Å². The molecular formula is C7H12N4OS. The van der Waals surface area contributed by atoms with Crippen LogP contribution >= 0.6 is 11.5 Å². The van der Waals surface area contributed by atoms with E-state index in [1.54, 1.807) is 20.8 Å². The third-order valence-electron chi connectivity index (χ3n) is 1.33. The lowest BCUT2D eigenvalue weighted by Crippen LogP contribution is -2.45. The van der Waals surface area contributed by atoms with Crippen molar-refractivity contribution in [2.45, 2.75) is 26.3 Å². The third-order valence-corrected chi connectivity index (χ3v) is 2.06. The molecule has 1 amide bonds. The Morgan fingerprint density at radius 2 is 2.23 bits per heavy atom. The van der Waals surface area contributed by atoms with Crippen molar-refractivity contribution in [2.75, 3.05) is 5.32 Å². The first-order valence-electron chi connectivity index (χ1n) is 3.80. The van der Waals surface area contributed by atoms with E-state index in [9.17, 15) is 4.79 Å². The Bertz CT molecular complexity index is 315. The zero-order valence-corrected chi connectivity index (χ0v) is 8.60. The summed E-state index contributed by atoms with van der Waals surface area (Å²) >= 11 is 1.15. The van der Waals surface area contributed by atoms with E-state index in [0.717, 1.165) is 11.5 Å². The van der Waals surface area contributed by atoms with Crippen LogP contribution in [0.4, 0.5) is 5.13 Å². The lowest BCUT2D eigenvalue weighted by molar-refractivity contribution is -0.120. The van der Waals surface area contributed by atoms with Crippen LogP contribution in [-0.2, 0) is 4.79 Å². The van der Waals surface area contributed by atoms with E-state index in [1.807, 2.05) is 0 Å². The van der Waals surface area contributed by atoms with E-state index in [4.69, 9.17) is 5.73 Å². The van der Waals surface area contributed by atoms with Gasteiger partial charge in [0.15, 0.2) is 0 Å². The van der Waals surface area contributed by atoms with Crippen molar-refractivity contribution >= 4 is 22.6 Å². The fourth-order valence-electron chi connectivity index (χ4n) is 0.606. The summed E-state index contributed by atoms with van der Waals surface area (Å²) in [4.78, 5) is 15.3. The standard InChI is InChI=1S/C7H12N4OS/c1-4-9-6(13-11-4)10-5(12)7(2,3)8/h8H2,1-3H3,(H,9,10,11,12). The minimum Gasteiger partial charge on any atom is -0.318 e. The minimum atomic E-state index is -0.889. The highest BCUT2D eigenvalue weighted by Gasteiger charge is 2.22. The number of anilines is 1. The third kappa shape index (κ3) is 2.74. The summed E-state index contributed by atoms with van der Waals surface area (Å²) in [6.07, 6.45) is 0. The first-order chi connectivity index (χ1) is 5.89. The summed E-state index contributed by atoms with van der Waals surface area (Å²) in [5.41, 5.74) is 4.69. The number of amides is 1. The van der Waals surface area contributed by atoms with Crippen LogP contribution in [0.2, 0.25) is 0 Å². The molecule has 5 nitrogen and oxygen atoms in total. The number of carbonyl (C=O) groups is 1. The lowest BCUT2D eigenvalue weighted by Gasteiger charge is -2.15. The molecule has 0 unspecified atom stereocenters. The number of carbonyl (C=O) groups excluding carboxylic acids is 1. The van der Waals surface area contributed by atoms with E-state index in [0.29, 0.717) is 11.0 Å². The van der Waals surface area contributed by atoms with E-state index >= 15 is 0 Å². The summed E-state index contributed by atoms with van der Waals surface area (Å²) < 4.78 is 3.93. The molecular weight excluding hydrogens is 188 g/mol. The summed E-state index contributed by atoms with van der Waals surface area (Å²) in [6, 6.07) is 0. The van der Waals surface area contributed by atoms with Gasteiger partial charge in [0, 0.05) is 11.5 Å². The van der Waals surface area contributed by atoms with E-state index in [2.05, 4.69) is 14.7 Å². The molecule has 1 heterocycles. The van der Waals surface area contributed by atoms with Crippen molar-refractivity contribution < 1.29 is 4.79 Å². The van der Waals surface area contributed by atoms with E-state index in [-0.39, 0.29) is 5.91 Å². The second kappa shape index (κ2) is 3.39. The number of nitrogens with one attached hydrogen (secondary N) is 1. The fourth-order valence-corrected chi connectivity index (χ4v) is 1.18. The maximum absolute atomic E-state index is 11.3. The second-order valence-corrected chi connectivity index (χ2v) is 4.07.